The van der Waals surface area contributed by atoms with Gasteiger partial charge in [-0.2, -0.15) is 22.0 Å². The van der Waals surface area contributed by atoms with Gasteiger partial charge in [-0.1, -0.05) is 18.2 Å². The van der Waals surface area contributed by atoms with E-state index in [4.69, 9.17) is 21.5 Å². The lowest BCUT2D eigenvalue weighted by molar-refractivity contribution is 0.414. The topological polar surface area (TPSA) is 163 Å². The highest BCUT2D eigenvalue weighted by atomic mass is 32.2. The molecule has 0 saturated carbocycles. The number of rotatable bonds is 13. The molecule has 3 rings (SSSR count). The Hall–Kier alpha value is -4.02. The molecular weight excluding hydrogens is 508 g/mol. The van der Waals surface area contributed by atoms with Gasteiger partial charge in [0.1, 0.15) is 11.6 Å². The van der Waals surface area contributed by atoms with Crippen molar-refractivity contribution in [1.29, 1.82) is 5.26 Å². The molecule has 0 aliphatic heterocycles. The van der Waals surface area contributed by atoms with E-state index in [-0.39, 0.29) is 5.96 Å². The second-order valence-corrected chi connectivity index (χ2v) is 9.50. The Labute approximate surface area is 224 Å². The van der Waals surface area contributed by atoms with Crippen molar-refractivity contribution in [3.63, 3.8) is 0 Å². The molecule has 3 aromatic rings. The number of benzene rings is 1. The normalized spacial score (nSPS) is 10.9. The van der Waals surface area contributed by atoms with Crippen LogP contribution in [0.15, 0.2) is 64.0 Å². The van der Waals surface area contributed by atoms with Gasteiger partial charge in [-0.05, 0) is 29.8 Å². The quantitative estimate of drug-likeness (QED) is 0.0835. The molecule has 0 aliphatic rings. The summed E-state index contributed by atoms with van der Waals surface area (Å²) in [7, 11) is 1.65. The lowest BCUT2D eigenvalue weighted by Crippen LogP contribution is -2.40. The minimum Gasteiger partial charge on any atom is -0.497 e. The molecule has 0 radical (unpaired) electrons. The number of nitriles is 1. The third kappa shape index (κ3) is 9.86. The number of guanidine groups is 2. The molecule has 194 valence electrons. The Morgan fingerprint density at radius 2 is 2.08 bits per heavy atom. The van der Waals surface area contributed by atoms with Crippen molar-refractivity contribution >= 4 is 46.0 Å². The molecule has 0 spiro atoms. The van der Waals surface area contributed by atoms with Crippen LogP contribution >= 0.6 is 23.1 Å². The number of aliphatic imine (C=N–C) groups is 2. The van der Waals surface area contributed by atoms with Gasteiger partial charge in [-0.3, -0.25) is 10.3 Å². The lowest BCUT2D eigenvalue weighted by Gasteiger charge is -2.24. The molecule has 1 aromatic carbocycles. The summed E-state index contributed by atoms with van der Waals surface area (Å²) in [5.74, 6) is 3.62. The third-order valence-electron chi connectivity index (χ3n) is 4.87. The van der Waals surface area contributed by atoms with Crippen LogP contribution in [0.5, 0.6) is 5.75 Å². The molecule has 0 bridgehead atoms. The van der Waals surface area contributed by atoms with Crippen molar-refractivity contribution in [3.05, 3.63) is 65.3 Å². The molecule has 2 heterocycles. The van der Waals surface area contributed by atoms with Crippen LogP contribution in [-0.2, 0) is 12.3 Å². The van der Waals surface area contributed by atoms with E-state index < -0.39 is 0 Å². The van der Waals surface area contributed by atoms with Crippen LogP contribution in [-0.4, -0.2) is 54.4 Å². The van der Waals surface area contributed by atoms with Gasteiger partial charge < -0.3 is 26.4 Å². The summed E-state index contributed by atoms with van der Waals surface area (Å²) in [6, 6.07) is 13.8. The first-order valence-electron chi connectivity index (χ1n) is 11.4. The molecular formula is C24H30N10OS2. The highest BCUT2D eigenvalue weighted by Crippen LogP contribution is 2.21. The van der Waals surface area contributed by atoms with E-state index >= 15 is 0 Å². The predicted octanol–water partition coefficient (Wildman–Crippen LogP) is 2.41. The standard InChI is InChI=1S/C24H30N10OS2/c1-35-20-7-5-18(6-8-20)14-34(21-4-2-3-9-28-21)12-10-29-23(31-17-25)30-11-13-36-15-19-16-37-24(32-19)33-22(26)27/h2-9,16H,10-15H2,1H3,(H2,29,30,31)(H4,26,27,32,33). The van der Waals surface area contributed by atoms with Crippen LogP contribution in [0.2, 0.25) is 0 Å². The molecule has 37 heavy (non-hydrogen) atoms. The van der Waals surface area contributed by atoms with Gasteiger partial charge >= 0.3 is 0 Å². The first-order valence-corrected chi connectivity index (χ1v) is 13.4. The molecule has 0 saturated heterocycles. The number of nitrogens with zero attached hydrogens (tertiary/aromatic N) is 6. The zero-order chi connectivity index (χ0) is 26.3. The van der Waals surface area contributed by atoms with Gasteiger partial charge in [0.2, 0.25) is 11.1 Å². The number of anilines is 1. The largest absolute Gasteiger partial charge is 0.497 e. The maximum absolute atomic E-state index is 9.12. The zero-order valence-corrected chi connectivity index (χ0v) is 22.1. The number of thiazole rings is 1. The van der Waals surface area contributed by atoms with Gasteiger partial charge in [-0.25, -0.2) is 9.97 Å². The van der Waals surface area contributed by atoms with Crippen molar-refractivity contribution in [2.24, 2.45) is 21.5 Å². The second kappa shape index (κ2) is 15.2. The number of nitrogens with two attached hydrogens (primary N) is 2. The Morgan fingerprint density at radius 3 is 2.78 bits per heavy atom. The molecule has 6 N–H and O–H groups in total. The smallest absolute Gasteiger partial charge is 0.212 e. The van der Waals surface area contributed by atoms with Crippen molar-refractivity contribution in [2.45, 2.75) is 12.3 Å². The van der Waals surface area contributed by atoms with Crippen LogP contribution in [0.4, 0.5) is 10.9 Å². The Morgan fingerprint density at radius 1 is 1.24 bits per heavy atom. The number of methoxy groups -OCH3 is 1. The third-order valence-corrected chi connectivity index (χ3v) is 6.63. The first-order chi connectivity index (χ1) is 18.1. The summed E-state index contributed by atoms with van der Waals surface area (Å²) in [5, 5.41) is 17.5. The van der Waals surface area contributed by atoms with E-state index in [0.717, 1.165) is 34.3 Å². The molecule has 11 nitrogen and oxygen atoms in total. The Balaban J connectivity index is 1.49. The summed E-state index contributed by atoms with van der Waals surface area (Å²) < 4.78 is 5.26. The van der Waals surface area contributed by atoms with Crippen LogP contribution in [0.1, 0.15) is 11.3 Å². The highest BCUT2D eigenvalue weighted by molar-refractivity contribution is 7.98. The average molecular weight is 539 g/mol. The second-order valence-electron chi connectivity index (χ2n) is 7.56. The summed E-state index contributed by atoms with van der Waals surface area (Å²) in [6.45, 7) is 2.45. The van der Waals surface area contributed by atoms with Gasteiger partial charge in [0.25, 0.3) is 0 Å². The van der Waals surface area contributed by atoms with Crippen LogP contribution in [0, 0.1) is 11.5 Å². The van der Waals surface area contributed by atoms with Crippen molar-refractivity contribution < 1.29 is 4.74 Å². The molecule has 0 fully saturated rings. The maximum Gasteiger partial charge on any atom is 0.212 e. The van der Waals surface area contributed by atoms with Crippen LogP contribution in [0.3, 0.4) is 0 Å². The average Bonchev–Trinajstić information content (AvgIpc) is 3.35. The highest BCUT2D eigenvalue weighted by Gasteiger charge is 2.09. The van der Waals surface area contributed by atoms with E-state index in [1.807, 2.05) is 54.0 Å². The number of pyridine rings is 1. The van der Waals surface area contributed by atoms with Crippen molar-refractivity contribution in [2.75, 3.05) is 37.4 Å². The number of hydrogen-bond donors (Lipinski definition) is 4. The van der Waals surface area contributed by atoms with Crippen LogP contribution < -0.4 is 31.7 Å². The minimum atomic E-state index is -0.00297. The van der Waals surface area contributed by atoms with E-state index in [9.17, 15) is 0 Å². The van der Waals surface area contributed by atoms with Gasteiger partial charge in [0, 0.05) is 42.7 Å². The van der Waals surface area contributed by atoms with E-state index in [1.165, 1.54) is 11.3 Å². The van der Waals surface area contributed by atoms with E-state index in [2.05, 4.69) is 35.5 Å². The lowest BCUT2D eigenvalue weighted by atomic mass is 10.2. The molecule has 13 heteroatoms. The predicted molar refractivity (Wildman–Crippen MR) is 151 cm³/mol. The van der Waals surface area contributed by atoms with E-state index in [0.29, 0.717) is 37.3 Å². The van der Waals surface area contributed by atoms with E-state index in [1.54, 1.807) is 25.1 Å². The van der Waals surface area contributed by atoms with Gasteiger partial charge in [0.05, 0.1) is 19.3 Å². The van der Waals surface area contributed by atoms with Gasteiger partial charge in [-0.15, -0.1) is 11.3 Å². The Kier molecular flexibility index (Phi) is 11.3. The number of aromatic nitrogens is 2. The fourth-order valence-electron chi connectivity index (χ4n) is 3.19. The molecule has 0 amide bonds. The minimum absolute atomic E-state index is 0.00297. The number of nitrogens with one attached hydrogen (secondary N) is 2. The summed E-state index contributed by atoms with van der Waals surface area (Å²) in [6.07, 6.45) is 3.72. The monoisotopic (exact) mass is 538 g/mol. The molecule has 0 aliphatic carbocycles. The molecule has 2 aromatic heterocycles. The SMILES string of the molecule is COc1ccc(CN(CCNC(=NCCSCc2csc(N=C(N)N)n2)NC#N)c2ccccn2)cc1. The van der Waals surface area contributed by atoms with Gasteiger partial charge in [0.15, 0.2) is 12.2 Å². The van der Waals surface area contributed by atoms with Crippen molar-refractivity contribution in [1.82, 2.24) is 20.6 Å². The number of ether oxygens (including phenoxy) is 1. The summed E-state index contributed by atoms with van der Waals surface area (Å²) in [5.41, 5.74) is 12.8. The Bertz CT molecular complexity index is 1190. The zero-order valence-electron chi connectivity index (χ0n) is 20.5. The summed E-state index contributed by atoms with van der Waals surface area (Å²) in [4.78, 5) is 19.5. The van der Waals surface area contributed by atoms with Crippen molar-refractivity contribution in [3.8, 4) is 11.9 Å². The number of thioether (sulfide) groups is 1. The first kappa shape index (κ1) is 27.6. The van der Waals surface area contributed by atoms with Crippen LogP contribution in [0.25, 0.3) is 0 Å². The fraction of sp³-hybridized carbons (Fsp3) is 0.292. The fourth-order valence-corrected chi connectivity index (χ4v) is 4.72. The molecule has 0 atom stereocenters. The number of hydrogen-bond acceptors (Lipinski definition) is 9. The molecule has 0 unspecified atom stereocenters. The summed E-state index contributed by atoms with van der Waals surface area (Å²) >= 11 is 3.09. The maximum atomic E-state index is 9.12.